The number of alkyl halides is 1. The van der Waals surface area contributed by atoms with Gasteiger partial charge in [0.15, 0.2) is 0 Å². The van der Waals surface area contributed by atoms with Crippen LogP contribution < -0.4 is 10.9 Å². The number of fused-ring (bicyclic) bond motifs is 1. The van der Waals surface area contributed by atoms with Crippen LogP contribution in [0.3, 0.4) is 0 Å². The summed E-state index contributed by atoms with van der Waals surface area (Å²) in [6.07, 6.45) is 5.15. The van der Waals surface area contributed by atoms with E-state index in [0.717, 1.165) is 36.2 Å². The Bertz CT molecular complexity index is 1170. The fourth-order valence-corrected chi connectivity index (χ4v) is 5.13. The van der Waals surface area contributed by atoms with Gasteiger partial charge >= 0.3 is 0 Å². The van der Waals surface area contributed by atoms with Gasteiger partial charge in [-0.05, 0) is 25.3 Å². The highest BCUT2D eigenvalue weighted by Crippen LogP contribution is 2.31. The molecule has 9 nitrogen and oxygen atoms in total. The van der Waals surface area contributed by atoms with E-state index in [2.05, 4.69) is 15.3 Å². The maximum Gasteiger partial charge on any atom is 0.270 e. The lowest BCUT2D eigenvalue weighted by Gasteiger charge is -2.33. The second-order valence-corrected chi connectivity index (χ2v) is 9.91. The molecule has 1 saturated carbocycles. The van der Waals surface area contributed by atoms with Gasteiger partial charge in [-0.25, -0.2) is 17.8 Å². The number of piperidine rings is 1. The molecule has 160 valence electrons. The van der Waals surface area contributed by atoms with E-state index in [4.69, 9.17) is 0 Å². The van der Waals surface area contributed by atoms with Crippen molar-refractivity contribution >= 4 is 27.0 Å². The van der Waals surface area contributed by atoms with Crippen LogP contribution in [-0.4, -0.2) is 58.8 Å². The van der Waals surface area contributed by atoms with E-state index in [9.17, 15) is 22.9 Å². The summed E-state index contributed by atoms with van der Waals surface area (Å²) in [6, 6.07) is 2.77. The molecule has 2 aromatic rings. The largest absolute Gasteiger partial charge is 0.348 e. The predicted molar refractivity (Wildman–Crippen MR) is 109 cm³/mol. The third-order valence-electron chi connectivity index (χ3n) is 5.87. The Morgan fingerprint density at radius 2 is 2.03 bits per heavy atom. The van der Waals surface area contributed by atoms with Crippen molar-refractivity contribution in [3.8, 4) is 6.07 Å². The third-order valence-corrected chi connectivity index (χ3v) is 7.14. The van der Waals surface area contributed by atoms with Crippen LogP contribution in [0.5, 0.6) is 0 Å². The van der Waals surface area contributed by atoms with E-state index < -0.39 is 22.2 Å². The smallest absolute Gasteiger partial charge is 0.270 e. The van der Waals surface area contributed by atoms with Crippen LogP contribution in [0.2, 0.25) is 0 Å². The molecular weight excluding hydrogens is 411 g/mol. The number of rotatable bonds is 4. The maximum atomic E-state index is 14.6. The Morgan fingerprint density at radius 3 is 2.67 bits per heavy atom. The van der Waals surface area contributed by atoms with Crippen LogP contribution in [0.15, 0.2) is 17.1 Å². The molecule has 2 aromatic heterocycles. The molecule has 4 rings (SSSR count). The number of pyridine rings is 1. The van der Waals surface area contributed by atoms with Crippen molar-refractivity contribution in [2.24, 2.45) is 0 Å². The molecule has 1 aliphatic carbocycles. The number of halogens is 1. The molecule has 0 spiro atoms. The highest BCUT2D eigenvalue weighted by atomic mass is 32.2. The van der Waals surface area contributed by atoms with Crippen LogP contribution in [0, 0.1) is 11.3 Å². The summed E-state index contributed by atoms with van der Waals surface area (Å²) < 4.78 is 40.6. The van der Waals surface area contributed by atoms with Crippen LogP contribution in [-0.2, 0) is 10.0 Å². The molecule has 3 heterocycles. The zero-order valence-corrected chi connectivity index (χ0v) is 17.4. The maximum absolute atomic E-state index is 14.6. The van der Waals surface area contributed by atoms with Gasteiger partial charge in [-0.15, -0.1) is 0 Å². The molecule has 0 aromatic carbocycles. The Morgan fingerprint density at radius 1 is 1.30 bits per heavy atom. The molecule has 0 amide bonds. The van der Waals surface area contributed by atoms with Gasteiger partial charge < -0.3 is 5.32 Å². The first-order chi connectivity index (χ1) is 14.3. The monoisotopic (exact) mass is 434 g/mol. The summed E-state index contributed by atoms with van der Waals surface area (Å²) in [4.78, 5) is 21.5. The third kappa shape index (κ3) is 3.89. The molecule has 30 heavy (non-hydrogen) atoms. The van der Waals surface area contributed by atoms with Gasteiger partial charge in [0, 0.05) is 30.7 Å². The lowest BCUT2D eigenvalue weighted by atomic mass is 10.1. The first-order valence-electron chi connectivity index (χ1n) is 9.96. The quantitative estimate of drug-likeness (QED) is 0.775. The molecule has 0 bridgehead atoms. The van der Waals surface area contributed by atoms with Gasteiger partial charge in [-0.2, -0.15) is 14.6 Å². The number of sulfonamides is 1. The molecule has 0 radical (unpaired) electrons. The Kier molecular flexibility index (Phi) is 5.46. The van der Waals surface area contributed by atoms with Crippen molar-refractivity contribution in [2.75, 3.05) is 24.7 Å². The van der Waals surface area contributed by atoms with Gasteiger partial charge in [0.25, 0.3) is 5.56 Å². The van der Waals surface area contributed by atoms with E-state index in [1.165, 1.54) is 12.3 Å². The van der Waals surface area contributed by atoms with Gasteiger partial charge in [0.05, 0.1) is 12.3 Å². The van der Waals surface area contributed by atoms with Gasteiger partial charge in [0.1, 0.15) is 23.5 Å². The number of nitriles is 1. The van der Waals surface area contributed by atoms with Crippen LogP contribution in [0.4, 0.5) is 10.3 Å². The summed E-state index contributed by atoms with van der Waals surface area (Å²) >= 11 is 0. The summed E-state index contributed by atoms with van der Waals surface area (Å²) in [6.45, 7) is -0.00872. The fourth-order valence-electron chi connectivity index (χ4n) is 4.28. The normalized spacial score (nSPS) is 23.5. The van der Waals surface area contributed by atoms with Crippen LogP contribution >= 0.6 is 0 Å². The molecule has 11 heteroatoms. The van der Waals surface area contributed by atoms with Crippen molar-refractivity contribution in [2.45, 2.75) is 50.4 Å². The molecule has 0 unspecified atom stereocenters. The topological polar surface area (TPSA) is 121 Å². The molecule has 2 atom stereocenters. The number of hydrogen-bond acceptors (Lipinski definition) is 7. The molecule has 2 aliphatic rings. The zero-order valence-electron chi connectivity index (χ0n) is 16.6. The SMILES string of the molecule is CS(=O)(=O)N1CC[C@H](Nc2ncc3cc(C#N)c(=O)n(C4CCCC4)c3n2)[C@H](F)C1. The van der Waals surface area contributed by atoms with Crippen LogP contribution in [0.1, 0.15) is 43.7 Å². The number of nitrogens with one attached hydrogen (secondary N) is 1. The fraction of sp³-hybridized carbons (Fsp3) is 0.579. The van der Waals surface area contributed by atoms with Crippen molar-refractivity contribution in [3.63, 3.8) is 0 Å². The summed E-state index contributed by atoms with van der Waals surface area (Å²) in [7, 11) is -3.44. The zero-order chi connectivity index (χ0) is 21.5. The Balaban J connectivity index is 1.66. The van der Waals surface area contributed by atoms with E-state index in [0.29, 0.717) is 11.0 Å². The standard InChI is InChI=1S/C19H23FN6O3S/c1-30(28,29)25-7-6-16(15(20)11-25)23-19-22-10-13-8-12(9-21)18(27)26(17(13)24-19)14-4-2-3-5-14/h8,10,14-16H,2-7,11H2,1H3,(H,22,23,24)/t15-,16+/m1/s1. The Labute approximate surface area is 173 Å². The first-order valence-corrected chi connectivity index (χ1v) is 11.8. The lowest BCUT2D eigenvalue weighted by Crippen LogP contribution is -2.49. The van der Waals surface area contributed by atoms with Gasteiger partial charge in [-0.3, -0.25) is 9.36 Å². The average Bonchev–Trinajstić information content (AvgIpc) is 3.22. The first kappa shape index (κ1) is 20.7. The Hall–Kier alpha value is -2.58. The number of hydrogen-bond donors (Lipinski definition) is 1. The van der Waals surface area contributed by atoms with E-state index in [1.54, 1.807) is 4.57 Å². The summed E-state index contributed by atoms with van der Waals surface area (Å²) in [5, 5.41) is 12.9. The summed E-state index contributed by atoms with van der Waals surface area (Å²) in [5.41, 5.74) is 0.106. The number of anilines is 1. The van der Waals surface area contributed by atoms with Gasteiger partial charge in [0.2, 0.25) is 16.0 Å². The molecule has 1 N–H and O–H groups in total. The molecular formula is C19H23FN6O3S. The average molecular weight is 434 g/mol. The minimum atomic E-state index is -3.44. The highest BCUT2D eigenvalue weighted by Gasteiger charge is 2.33. The predicted octanol–water partition coefficient (Wildman–Crippen LogP) is 1.56. The molecule has 1 aliphatic heterocycles. The van der Waals surface area contributed by atoms with Crippen LogP contribution in [0.25, 0.3) is 11.0 Å². The number of aromatic nitrogens is 3. The molecule has 1 saturated heterocycles. The number of nitrogens with zero attached hydrogens (tertiary/aromatic N) is 5. The molecule has 2 fully saturated rings. The lowest BCUT2D eigenvalue weighted by molar-refractivity contribution is 0.186. The van der Waals surface area contributed by atoms with Crippen molar-refractivity contribution < 1.29 is 12.8 Å². The van der Waals surface area contributed by atoms with E-state index in [1.807, 2.05) is 6.07 Å². The summed E-state index contributed by atoms with van der Waals surface area (Å²) in [5.74, 6) is 0.179. The minimum absolute atomic E-state index is 0.0250. The minimum Gasteiger partial charge on any atom is -0.348 e. The second-order valence-electron chi connectivity index (χ2n) is 7.93. The van der Waals surface area contributed by atoms with Gasteiger partial charge in [-0.1, -0.05) is 12.8 Å². The van der Waals surface area contributed by atoms with Crippen molar-refractivity contribution in [1.29, 1.82) is 5.26 Å². The second kappa shape index (κ2) is 7.92. The van der Waals surface area contributed by atoms with Crippen molar-refractivity contribution in [1.82, 2.24) is 18.8 Å². The van der Waals surface area contributed by atoms with E-state index in [-0.39, 0.29) is 42.6 Å². The van der Waals surface area contributed by atoms with Crippen molar-refractivity contribution in [3.05, 3.63) is 28.2 Å². The highest BCUT2D eigenvalue weighted by molar-refractivity contribution is 7.88. The van der Waals surface area contributed by atoms with E-state index >= 15 is 0 Å².